The van der Waals surface area contributed by atoms with E-state index in [2.05, 4.69) is 0 Å². The van der Waals surface area contributed by atoms with Crippen LogP contribution in [0.2, 0.25) is 0 Å². The molecule has 1 aromatic carbocycles. The van der Waals surface area contributed by atoms with Crippen molar-refractivity contribution in [3.8, 4) is 0 Å². The van der Waals surface area contributed by atoms with Crippen LogP contribution in [0.5, 0.6) is 0 Å². The van der Waals surface area contributed by atoms with Crippen LogP contribution >= 0.6 is 0 Å². The Bertz CT molecular complexity index is 543. The van der Waals surface area contributed by atoms with Crippen LogP contribution in [0.1, 0.15) is 18.4 Å². The number of hydrogen-bond acceptors (Lipinski definition) is 4. The smallest absolute Gasteiger partial charge is 0.218 e. The van der Waals surface area contributed by atoms with Gasteiger partial charge in [-0.25, -0.2) is 12.7 Å². The molecule has 1 aromatic rings. The molecule has 1 fully saturated rings. The van der Waals surface area contributed by atoms with Crippen LogP contribution in [0.3, 0.4) is 0 Å². The summed E-state index contributed by atoms with van der Waals surface area (Å²) in [5, 5.41) is 0. The highest BCUT2D eigenvalue weighted by Gasteiger charge is 2.28. The summed E-state index contributed by atoms with van der Waals surface area (Å²) in [7, 11) is -1.63. The first kappa shape index (κ1) is 15.3. The monoisotopic (exact) mass is 298 g/mol. The van der Waals surface area contributed by atoms with Gasteiger partial charge in [0, 0.05) is 25.9 Å². The van der Waals surface area contributed by atoms with Gasteiger partial charge in [-0.15, -0.1) is 0 Å². The van der Waals surface area contributed by atoms with Crippen molar-refractivity contribution in [2.45, 2.75) is 18.6 Å². The second-order valence-corrected chi connectivity index (χ2v) is 7.29. The fourth-order valence-corrected chi connectivity index (χ4v) is 4.26. The van der Waals surface area contributed by atoms with Crippen molar-refractivity contribution in [2.75, 3.05) is 32.5 Å². The predicted molar refractivity (Wildman–Crippen MR) is 79.7 cm³/mol. The molecule has 1 unspecified atom stereocenters. The van der Waals surface area contributed by atoms with E-state index in [0.29, 0.717) is 31.3 Å². The van der Waals surface area contributed by atoms with Crippen molar-refractivity contribution in [1.29, 1.82) is 0 Å². The highest BCUT2D eigenvalue weighted by molar-refractivity contribution is 7.88. The minimum Gasteiger partial charge on any atom is -0.399 e. The molecule has 2 rings (SSSR count). The molecule has 5 nitrogen and oxygen atoms in total. The number of sulfonamides is 1. The fourth-order valence-electron chi connectivity index (χ4n) is 2.64. The maximum atomic E-state index is 12.5. The van der Waals surface area contributed by atoms with Gasteiger partial charge >= 0.3 is 0 Å². The Labute approximate surface area is 120 Å². The van der Waals surface area contributed by atoms with Crippen molar-refractivity contribution in [3.63, 3.8) is 0 Å². The second kappa shape index (κ2) is 6.56. The molecule has 20 heavy (non-hydrogen) atoms. The molecule has 0 spiro atoms. The number of nitrogens with two attached hydrogens (primary N) is 1. The van der Waals surface area contributed by atoms with Crippen LogP contribution in [0.15, 0.2) is 24.3 Å². The van der Waals surface area contributed by atoms with Crippen LogP contribution in [-0.4, -0.2) is 39.5 Å². The van der Waals surface area contributed by atoms with Crippen molar-refractivity contribution in [2.24, 2.45) is 5.92 Å². The van der Waals surface area contributed by atoms with Crippen molar-refractivity contribution < 1.29 is 13.2 Å². The van der Waals surface area contributed by atoms with Gasteiger partial charge in [-0.1, -0.05) is 12.1 Å². The topological polar surface area (TPSA) is 72.6 Å². The molecule has 1 atom stereocenters. The molecule has 1 aliphatic heterocycles. The Morgan fingerprint density at radius 2 is 2.25 bits per heavy atom. The zero-order valence-corrected chi connectivity index (χ0v) is 12.6. The molecule has 112 valence electrons. The first-order valence-electron chi connectivity index (χ1n) is 6.82. The molecule has 0 aromatic heterocycles. The highest BCUT2D eigenvalue weighted by Crippen LogP contribution is 2.22. The van der Waals surface area contributed by atoms with Crippen molar-refractivity contribution in [3.05, 3.63) is 29.8 Å². The molecule has 2 N–H and O–H groups in total. The highest BCUT2D eigenvalue weighted by atomic mass is 32.2. The van der Waals surface area contributed by atoms with Gasteiger partial charge in [-0.05, 0) is 36.5 Å². The number of benzene rings is 1. The van der Waals surface area contributed by atoms with E-state index < -0.39 is 10.0 Å². The first-order chi connectivity index (χ1) is 9.51. The van der Waals surface area contributed by atoms with Gasteiger partial charge in [0.05, 0.1) is 12.4 Å². The van der Waals surface area contributed by atoms with Crippen LogP contribution in [0.25, 0.3) is 0 Å². The summed E-state index contributed by atoms with van der Waals surface area (Å²) in [6.45, 7) is 1.77. The minimum atomic E-state index is -3.28. The molecular weight excluding hydrogens is 276 g/mol. The first-order valence-corrected chi connectivity index (χ1v) is 8.43. The van der Waals surface area contributed by atoms with E-state index in [-0.39, 0.29) is 5.75 Å². The predicted octanol–water partition coefficient (Wildman–Crippen LogP) is 1.46. The zero-order chi connectivity index (χ0) is 14.6. The Hall–Kier alpha value is -1.11. The average molecular weight is 298 g/mol. The van der Waals surface area contributed by atoms with Crippen LogP contribution in [0, 0.1) is 5.92 Å². The van der Waals surface area contributed by atoms with Crippen LogP contribution < -0.4 is 5.73 Å². The summed E-state index contributed by atoms with van der Waals surface area (Å²) in [5.74, 6) is 0.307. The van der Waals surface area contributed by atoms with Crippen molar-refractivity contribution >= 4 is 15.7 Å². The Kier molecular flexibility index (Phi) is 5.01. The SMILES string of the molecule is COCC1CCCN(S(=O)(=O)Cc2cccc(N)c2)C1. The third kappa shape index (κ3) is 3.94. The van der Waals surface area contributed by atoms with E-state index in [9.17, 15) is 8.42 Å². The molecular formula is C14H22N2O3S. The lowest BCUT2D eigenvalue weighted by atomic mass is 10.0. The number of methoxy groups -OCH3 is 1. The van der Waals surface area contributed by atoms with Gasteiger partial charge in [0.15, 0.2) is 0 Å². The van der Waals surface area contributed by atoms with Gasteiger partial charge in [0.1, 0.15) is 0 Å². The zero-order valence-electron chi connectivity index (χ0n) is 11.8. The lowest BCUT2D eigenvalue weighted by molar-refractivity contribution is 0.118. The van der Waals surface area contributed by atoms with E-state index in [4.69, 9.17) is 10.5 Å². The third-order valence-corrected chi connectivity index (χ3v) is 5.39. The quantitative estimate of drug-likeness (QED) is 0.835. The van der Waals surface area contributed by atoms with Gasteiger partial charge < -0.3 is 10.5 Å². The van der Waals surface area contributed by atoms with E-state index in [0.717, 1.165) is 18.4 Å². The van der Waals surface area contributed by atoms with Gasteiger partial charge in [0.25, 0.3) is 0 Å². The Morgan fingerprint density at radius 3 is 2.95 bits per heavy atom. The van der Waals surface area contributed by atoms with Crippen LogP contribution in [0.4, 0.5) is 5.69 Å². The van der Waals surface area contributed by atoms with Gasteiger partial charge in [-0.3, -0.25) is 0 Å². The standard InChI is InChI=1S/C14H22N2O3S/c1-19-10-13-5-3-7-16(9-13)20(17,18)11-12-4-2-6-14(15)8-12/h2,4,6,8,13H,3,5,7,9-11,15H2,1H3. The number of ether oxygens (including phenoxy) is 1. The number of hydrogen-bond donors (Lipinski definition) is 1. The second-order valence-electron chi connectivity index (χ2n) is 5.32. The molecule has 0 aliphatic carbocycles. The summed E-state index contributed by atoms with van der Waals surface area (Å²) in [5.41, 5.74) is 7.02. The van der Waals surface area contributed by atoms with E-state index in [1.165, 1.54) is 0 Å². The Morgan fingerprint density at radius 1 is 1.45 bits per heavy atom. The summed E-state index contributed by atoms with van der Waals surface area (Å²) in [4.78, 5) is 0. The van der Waals surface area contributed by atoms with Crippen LogP contribution in [-0.2, 0) is 20.5 Å². The molecule has 0 radical (unpaired) electrons. The lowest BCUT2D eigenvalue weighted by Crippen LogP contribution is -2.41. The molecule has 1 aliphatic rings. The maximum Gasteiger partial charge on any atom is 0.218 e. The molecule has 0 bridgehead atoms. The largest absolute Gasteiger partial charge is 0.399 e. The number of piperidine rings is 1. The minimum absolute atomic E-state index is 0.0116. The number of anilines is 1. The number of rotatable bonds is 5. The van der Waals surface area contributed by atoms with E-state index in [1.54, 1.807) is 35.7 Å². The summed E-state index contributed by atoms with van der Waals surface area (Å²) in [6, 6.07) is 7.05. The molecule has 6 heteroatoms. The molecule has 1 heterocycles. The van der Waals surface area contributed by atoms with E-state index >= 15 is 0 Å². The van der Waals surface area contributed by atoms with Gasteiger partial charge in [-0.2, -0.15) is 0 Å². The molecule has 0 saturated carbocycles. The van der Waals surface area contributed by atoms with Crippen molar-refractivity contribution in [1.82, 2.24) is 4.31 Å². The Balaban J connectivity index is 2.06. The molecule has 1 saturated heterocycles. The number of nitrogens with zero attached hydrogens (tertiary/aromatic N) is 1. The fraction of sp³-hybridized carbons (Fsp3) is 0.571. The summed E-state index contributed by atoms with van der Waals surface area (Å²) in [6.07, 6.45) is 1.92. The lowest BCUT2D eigenvalue weighted by Gasteiger charge is -2.31. The molecule has 0 amide bonds. The van der Waals surface area contributed by atoms with E-state index in [1.807, 2.05) is 0 Å². The third-order valence-electron chi connectivity index (χ3n) is 3.58. The van der Waals surface area contributed by atoms with Gasteiger partial charge in [0.2, 0.25) is 10.0 Å². The summed E-state index contributed by atoms with van der Waals surface area (Å²) < 4.78 is 31.6. The summed E-state index contributed by atoms with van der Waals surface area (Å²) >= 11 is 0. The normalized spacial score (nSPS) is 20.9. The average Bonchev–Trinajstić information content (AvgIpc) is 2.39. The maximum absolute atomic E-state index is 12.5. The number of nitrogen functional groups attached to an aromatic ring is 1.